The summed E-state index contributed by atoms with van der Waals surface area (Å²) in [6, 6.07) is 15.3. The summed E-state index contributed by atoms with van der Waals surface area (Å²) in [4.78, 5) is 38.1. The lowest BCUT2D eigenvalue weighted by atomic mass is 9.93. The Bertz CT molecular complexity index is 1090. The number of sulfone groups is 1. The van der Waals surface area contributed by atoms with Gasteiger partial charge < -0.3 is 15.4 Å². The highest BCUT2D eigenvalue weighted by atomic mass is 32.2. The van der Waals surface area contributed by atoms with Crippen LogP contribution in [0.1, 0.15) is 29.8 Å². The van der Waals surface area contributed by atoms with Crippen LogP contribution in [0.4, 0.5) is 0 Å². The maximum Gasteiger partial charge on any atom is 0.251 e. The largest absolute Gasteiger partial charge is 0.368 e. The van der Waals surface area contributed by atoms with Gasteiger partial charge in [0.1, 0.15) is 18.2 Å². The van der Waals surface area contributed by atoms with Crippen molar-refractivity contribution < 1.29 is 27.5 Å². The molecular formula is C23H26N2O6S. The van der Waals surface area contributed by atoms with E-state index >= 15 is 0 Å². The average Bonchev–Trinajstić information content (AvgIpc) is 3.01. The van der Waals surface area contributed by atoms with Crippen molar-refractivity contribution in [1.29, 1.82) is 0 Å². The van der Waals surface area contributed by atoms with E-state index in [9.17, 15) is 22.8 Å². The van der Waals surface area contributed by atoms with Gasteiger partial charge in [0.2, 0.25) is 5.91 Å². The third-order valence-corrected chi connectivity index (χ3v) is 7.16. The first-order valence-corrected chi connectivity index (χ1v) is 12.0. The van der Waals surface area contributed by atoms with E-state index < -0.39 is 45.1 Å². The number of hydrogen-bond acceptors (Lipinski definition) is 6. The van der Waals surface area contributed by atoms with Gasteiger partial charge in [-0.25, -0.2) is 8.42 Å². The second-order valence-electron chi connectivity index (χ2n) is 8.00. The van der Waals surface area contributed by atoms with Crippen LogP contribution in [-0.2, 0) is 29.9 Å². The molecule has 8 nitrogen and oxygen atoms in total. The maximum absolute atomic E-state index is 13.1. The zero-order valence-corrected chi connectivity index (χ0v) is 18.7. The van der Waals surface area contributed by atoms with E-state index in [1.807, 2.05) is 0 Å². The molecule has 0 spiro atoms. The summed E-state index contributed by atoms with van der Waals surface area (Å²) in [6.45, 7) is 3.03. The third-order valence-electron chi connectivity index (χ3n) is 5.55. The maximum atomic E-state index is 13.1. The summed E-state index contributed by atoms with van der Waals surface area (Å²) < 4.78 is 31.0. The number of benzene rings is 2. The number of rotatable bonds is 8. The Morgan fingerprint density at radius 3 is 2.25 bits per heavy atom. The lowest BCUT2D eigenvalue weighted by molar-refractivity contribution is -0.130. The molecular weight excluding hydrogens is 432 g/mol. The molecule has 32 heavy (non-hydrogen) atoms. The quantitative estimate of drug-likeness (QED) is 0.615. The van der Waals surface area contributed by atoms with Crippen molar-refractivity contribution in [2.24, 2.45) is 0 Å². The topological polar surface area (TPSA) is 119 Å². The van der Waals surface area contributed by atoms with E-state index in [2.05, 4.69) is 10.6 Å². The van der Waals surface area contributed by atoms with Crippen molar-refractivity contribution in [3.63, 3.8) is 0 Å². The summed E-state index contributed by atoms with van der Waals surface area (Å²) in [5.41, 5.74) is -0.456. The number of carbonyl (C=O) groups is 3. The van der Waals surface area contributed by atoms with E-state index in [1.54, 1.807) is 67.6 Å². The first-order chi connectivity index (χ1) is 15.1. The average molecular weight is 459 g/mol. The monoisotopic (exact) mass is 458 g/mol. The van der Waals surface area contributed by atoms with Crippen molar-refractivity contribution in [3.05, 3.63) is 71.8 Å². The molecule has 170 valence electrons. The molecule has 3 atom stereocenters. The summed E-state index contributed by atoms with van der Waals surface area (Å²) in [7, 11) is -3.78. The summed E-state index contributed by atoms with van der Waals surface area (Å²) >= 11 is 0. The van der Waals surface area contributed by atoms with Gasteiger partial charge >= 0.3 is 0 Å². The number of amides is 2. The van der Waals surface area contributed by atoms with E-state index in [0.29, 0.717) is 5.56 Å². The van der Waals surface area contributed by atoms with Gasteiger partial charge in [0.15, 0.2) is 15.6 Å². The summed E-state index contributed by atoms with van der Waals surface area (Å²) in [5.74, 6) is -2.58. The molecule has 1 aliphatic rings. The molecule has 0 bridgehead atoms. The van der Waals surface area contributed by atoms with Crippen LogP contribution in [0.25, 0.3) is 0 Å². The zero-order chi connectivity index (χ0) is 23.4. The van der Waals surface area contributed by atoms with Gasteiger partial charge in [0.25, 0.3) is 5.91 Å². The van der Waals surface area contributed by atoms with Gasteiger partial charge in [-0.15, -0.1) is 0 Å². The molecule has 0 saturated carbocycles. The molecule has 1 fully saturated rings. The molecule has 2 aromatic rings. The van der Waals surface area contributed by atoms with Crippen molar-refractivity contribution in [3.8, 4) is 0 Å². The first kappa shape index (κ1) is 23.6. The smallest absolute Gasteiger partial charge is 0.251 e. The Morgan fingerprint density at radius 2 is 1.69 bits per heavy atom. The summed E-state index contributed by atoms with van der Waals surface area (Å²) in [6.07, 6.45) is -0.592. The van der Waals surface area contributed by atoms with Crippen LogP contribution in [0.3, 0.4) is 0 Å². The molecule has 1 heterocycles. The van der Waals surface area contributed by atoms with Gasteiger partial charge in [0, 0.05) is 5.56 Å². The molecule has 0 radical (unpaired) electrons. The van der Waals surface area contributed by atoms with E-state index in [1.165, 1.54) is 6.92 Å². The lowest BCUT2D eigenvalue weighted by Crippen LogP contribution is -2.61. The Hall–Kier alpha value is -3.04. The SMILES string of the molecule is CC1OCC(=O)C1(C)NC(=O)C(CS(=O)(=O)Cc1ccccc1)NC(=O)c1ccccc1. The molecule has 9 heteroatoms. The van der Waals surface area contributed by atoms with Crippen LogP contribution in [-0.4, -0.2) is 56.1 Å². The van der Waals surface area contributed by atoms with Crippen LogP contribution in [0.15, 0.2) is 60.7 Å². The minimum absolute atomic E-state index is 0.148. The van der Waals surface area contributed by atoms with Crippen molar-refractivity contribution >= 4 is 27.4 Å². The number of ketones is 1. The molecule has 1 aliphatic heterocycles. The molecule has 0 aliphatic carbocycles. The molecule has 2 amide bonds. The van der Waals surface area contributed by atoms with Crippen LogP contribution >= 0.6 is 0 Å². The Morgan fingerprint density at radius 1 is 1.09 bits per heavy atom. The minimum atomic E-state index is -3.78. The number of nitrogens with one attached hydrogen (secondary N) is 2. The molecule has 2 N–H and O–H groups in total. The van der Waals surface area contributed by atoms with Gasteiger partial charge in [-0.05, 0) is 31.5 Å². The third kappa shape index (κ3) is 5.60. The molecule has 3 rings (SSSR count). The molecule has 0 aromatic heterocycles. The van der Waals surface area contributed by atoms with Gasteiger partial charge in [-0.3, -0.25) is 14.4 Å². The lowest BCUT2D eigenvalue weighted by Gasteiger charge is -2.29. The summed E-state index contributed by atoms with van der Waals surface area (Å²) in [5, 5.41) is 5.12. The van der Waals surface area contributed by atoms with Crippen LogP contribution in [0.5, 0.6) is 0 Å². The predicted octanol–water partition coefficient (Wildman–Crippen LogP) is 1.26. The van der Waals surface area contributed by atoms with E-state index in [-0.39, 0.29) is 23.7 Å². The fourth-order valence-corrected chi connectivity index (χ4v) is 4.97. The Labute approximate surface area is 187 Å². The van der Waals surface area contributed by atoms with Crippen molar-refractivity contribution in [2.75, 3.05) is 12.4 Å². The molecule has 3 unspecified atom stereocenters. The van der Waals surface area contributed by atoms with Crippen LogP contribution in [0, 0.1) is 0 Å². The van der Waals surface area contributed by atoms with Crippen LogP contribution in [0.2, 0.25) is 0 Å². The second kappa shape index (κ2) is 9.62. The van der Waals surface area contributed by atoms with Crippen molar-refractivity contribution in [2.45, 2.75) is 37.3 Å². The number of ether oxygens (including phenoxy) is 1. The minimum Gasteiger partial charge on any atom is -0.368 e. The standard InChI is InChI=1S/C23H26N2O6S/c1-16-23(2,20(26)13-31-16)25-22(28)19(24-21(27)18-11-7-4-8-12-18)15-32(29,30)14-17-9-5-3-6-10-17/h3-12,16,19H,13-15H2,1-2H3,(H,24,27)(H,25,28). The van der Waals surface area contributed by atoms with Gasteiger partial charge in [-0.2, -0.15) is 0 Å². The van der Waals surface area contributed by atoms with Crippen molar-refractivity contribution in [1.82, 2.24) is 10.6 Å². The number of Topliss-reactive ketones (excluding diaryl/α,β-unsaturated/α-hetero) is 1. The Kier molecular flexibility index (Phi) is 7.10. The van der Waals surface area contributed by atoms with Gasteiger partial charge in [0.05, 0.1) is 17.6 Å². The highest BCUT2D eigenvalue weighted by Gasteiger charge is 2.47. The van der Waals surface area contributed by atoms with E-state index in [4.69, 9.17) is 4.74 Å². The van der Waals surface area contributed by atoms with Crippen LogP contribution < -0.4 is 10.6 Å². The fraction of sp³-hybridized carbons (Fsp3) is 0.348. The predicted molar refractivity (Wildman–Crippen MR) is 119 cm³/mol. The van der Waals surface area contributed by atoms with Gasteiger partial charge in [-0.1, -0.05) is 48.5 Å². The zero-order valence-electron chi connectivity index (χ0n) is 17.9. The molecule has 1 saturated heterocycles. The number of hydrogen-bond donors (Lipinski definition) is 2. The highest BCUT2D eigenvalue weighted by molar-refractivity contribution is 7.90. The normalized spacial score (nSPS) is 21.7. The first-order valence-electron chi connectivity index (χ1n) is 10.2. The Balaban J connectivity index is 1.82. The second-order valence-corrected chi connectivity index (χ2v) is 10.1. The fourth-order valence-electron chi connectivity index (χ4n) is 3.41. The van der Waals surface area contributed by atoms with E-state index in [0.717, 1.165) is 0 Å². The highest BCUT2D eigenvalue weighted by Crippen LogP contribution is 2.22. The number of carbonyl (C=O) groups excluding carboxylic acids is 3. The molecule has 2 aromatic carbocycles.